The molecule has 0 saturated heterocycles. The second kappa shape index (κ2) is 5.31. The molecule has 0 spiro atoms. The van der Waals surface area contributed by atoms with Crippen LogP contribution < -0.4 is 0 Å². The first-order valence-corrected chi connectivity index (χ1v) is 5.51. The quantitative estimate of drug-likeness (QED) is 0.370. The number of carbonyl (C=O) groups excluding carboxylic acids is 1. The first-order chi connectivity index (χ1) is 7.86. The summed E-state index contributed by atoms with van der Waals surface area (Å²) in [6, 6.07) is 3.18. The molecule has 0 aliphatic carbocycles. The lowest BCUT2D eigenvalue weighted by Crippen LogP contribution is -2.15. The van der Waals surface area contributed by atoms with Crippen LogP contribution in [0.3, 0.4) is 0 Å². The van der Waals surface area contributed by atoms with Crippen molar-refractivity contribution in [1.29, 1.82) is 0 Å². The number of alkyl halides is 3. The van der Waals surface area contributed by atoms with Gasteiger partial charge in [-0.1, -0.05) is 28.1 Å². The largest absolute Gasteiger partial charge is 0.293 e. The van der Waals surface area contributed by atoms with Crippen LogP contribution in [-0.2, 0) is 0 Å². The SMILES string of the molecule is CC(Br)C(=O)c1c(C(F)F)cccc1[N+](=O)[O-]. The zero-order valence-corrected chi connectivity index (χ0v) is 10.3. The fraction of sp³-hybridized carbons (Fsp3) is 0.300. The topological polar surface area (TPSA) is 60.2 Å². The predicted octanol–water partition coefficient (Wildman–Crippen LogP) is 3.50. The van der Waals surface area contributed by atoms with Crippen LogP contribution in [0.25, 0.3) is 0 Å². The highest BCUT2D eigenvalue weighted by atomic mass is 79.9. The van der Waals surface area contributed by atoms with E-state index in [0.29, 0.717) is 0 Å². The fourth-order valence-corrected chi connectivity index (χ4v) is 1.59. The summed E-state index contributed by atoms with van der Waals surface area (Å²) >= 11 is 2.93. The summed E-state index contributed by atoms with van der Waals surface area (Å²) in [7, 11) is 0. The van der Waals surface area contributed by atoms with Gasteiger partial charge in [0.15, 0.2) is 5.78 Å². The van der Waals surface area contributed by atoms with Crippen LogP contribution in [0.2, 0.25) is 0 Å². The van der Waals surface area contributed by atoms with Crippen molar-refractivity contribution < 1.29 is 18.5 Å². The maximum Gasteiger partial charge on any atom is 0.280 e. The van der Waals surface area contributed by atoms with E-state index in [2.05, 4.69) is 15.9 Å². The van der Waals surface area contributed by atoms with Gasteiger partial charge in [0.1, 0.15) is 5.56 Å². The average molecular weight is 308 g/mol. The molecule has 1 atom stereocenters. The van der Waals surface area contributed by atoms with Gasteiger partial charge >= 0.3 is 0 Å². The Hall–Kier alpha value is -1.37. The van der Waals surface area contributed by atoms with Gasteiger partial charge in [0.25, 0.3) is 12.1 Å². The van der Waals surface area contributed by atoms with E-state index < -0.39 is 38.8 Å². The molecule has 0 radical (unpaired) electrons. The lowest BCUT2D eigenvalue weighted by molar-refractivity contribution is -0.385. The van der Waals surface area contributed by atoms with Crippen molar-refractivity contribution in [2.45, 2.75) is 18.2 Å². The number of nitro groups is 1. The van der Waals surface area contributed by atoms with Crippen molar-refractivity contribution in [2.75, 3.05) is 0 Å². The summed E-state index contributed by atoms with van der Waals surface area (Å²) in [5, 5.41) is 10.7. The smallest absolute Gasteiger partial charge is 0.280 e. The normalized spacial score (nSPS) is 12.5. The van der Waals surface area contributed by atoms with Crippen LogP contribution in [0.4, 0.5) is 14.5 Å². The van der Waals surface area contributed by atoms with Crippen molar-refractivity contribution in [1.82, 2.24) is 0 Å². The zero-order chi connectivity index (χ0) is 13.2. The van der Waals surface area contributed by atoms with Crippen LogP contribution >= 0.6 is 15.9 Å². The summed E-state index contributed by atoms with van der Waals surface area (Å²) in [5.74, 6) is -0.729. The Morgan fingerprint density at radius 1 is 1.47 bits per heavy atom. The molecule has 17 heavy (non-hydrogen) atoms. The number of rotatable bonds is 4. The van der Waals surface area contributed by atoms with Gasteiger partial charge in [0.2, 0.25) is 0 Å². The van der Waals surface area contributed by atoms with Crippen molar-refractivity contribution in [2.24, 2.45) is 0 Å². The molecule has 0 amide bonds. The highest BCUT2D eigenvalue weighted by Crippen LogP contribution is 2.31. The molecule has 4 nitrogen and oxygen atoms in total. The van der Waals surface area contributed by atoms with Crippen LogP contribution in [0.5, 0.6) is 0 Å². The average Bonchev–Trinajstić information content (AvgIpc) is 2.26. The van der Waals surface area contributed by atoms with E-state index in [0.717, 1.165) is 18.2 Å². The van der Waals surface area contributed by atoms with Gasteiger partial charge in [-0.25, -0.2) is 8.78 Å². The maximum atomic E-state index is 12.7. The van der Waals surface area contributed by atoms with Gasteiger partial charge in [-0.3, -0.25) is 14.9 Å². The number of halogens is 3. The number of nitrogens with zero attached hydrogens (tertiary/aromatic N) is 1. The molecule has 0 aromatic heterocycles. The second-order valence-electron chi connectivity index (χ2n) is 3.28. The zero-order valence-electron chi connectivity index (χ0n) is 8.69. The molecule has 0 bridgehead atoms. The number of carbonyl (C=O) groups is 1. The molecule has 0 heterocycles. The molecule has 0 aliphatic rings. The molecule has 0 saturated carbocycles. The van der Waals surface area contributed by atoms with Gasteiger partial charge in [-0.05, 0) is 6.92 Å². The minimum absolute atomic E-state index is 0.531. The monoisotopic (exact) mass is 307 g/mol. The molecule has 0 fully saturated rings. The number of nitro benzene ring substituents is 1. The highest BCUT2D eigenvalue weighted by molar-refractivity contribution is 9.10. The first kappa shape index (κ1) is 13.7. The van der Waals surface area contributed by atoms with Gasteiger partial charge in [0.05, 0.1) is 9.75 Å². The number of hydrogen-bond donors (Lipinski definition) is 0. The van der Waals surface area contributed by atoms with E-state index in [-0.39, 0.29) is 0 Å². The van der Waals surface area contributed by atoms with E-state index >= 15 is 0 Å². The van der Waals surface area contributed by atoms with Gasteiger partial charge in [-0.15, -0.1) is 0 Å². The predicted molar refractivity (Wildman–Crippen MR) is 60.8 cm³/mol. The van der Waals surface area contributed by atoms with Crippen molar-refractivity contribution in [3.8, 4) is 0 Å². The molecular weight excluding hydrogens is 300 g/mol. The molecular formula is C10H8BrF2NO3. The lowest BCUT2D eigenvalue weighted by Gasteiger charge is -2.09. The Kier molecular flexibility index (Phi) is 4.28. The van der Waals surface area contributed by atoms with E-state index in [1.54, 1.807) is 0 Å². The molecule has 1 unspecified atom stereocenters. The highest BCUT2D eigenvalue weighted by Gasteiger charge is 2.29. The molecule has 0 N–H and O–H groups in total. The summed E-state index contributed by atoms with van der Waals surface area (Å²) in [5.41, 5.74) is -1.74. The van der Waals surface area contributed by atoms with E-state index in [9.17, 15) is 23.7 Å². The van der Waals surface area contributed by atoms with Gasteiger partial charge in [0, 0.05) is 11.6 Å². The molecule has 92 valence electrons. The van der Waals surface area contributed by atoms with E-state index in [1.165, 1.54) is 6.92 Å². The van der Waals surface area contributed by atoms with Crippen molar-refractivity contribution >= 4 is 27.4 Å². The third kappa shape index (κ3) is 2.85. The lowest BCUT2D eigenvalue weighted by atomic mass is 10.00. The number of benzene rings is 1. The van der Waals surface area contributed by atoms with Crippen LogP contribution in [0.1, 0.15) is 29.3 Å². The molecule has 1 rings (SSSR count). The summed E-state index contributed by atoms with van der Waals surface area (Å²) in [6.07, 6.45) is -2.93. The van der Waals surface area contributed by atoms with Crippen molar-refractivity contribution in [3.05, 3.63) is 39.4 Å². The summed E-state index contributed by atoms with van der Waals surface area (Å²) < 4.78 is 25.4. The summed E-state index contributed by atoms with van der Waals surface area (Å²) in [6.45, 7) is 1.42. The third-order valence-electron chi connectivity index (χ3n) is 2.11. The number of Topliss-reactive ketones (excluding diaryl/α,β-unsaturated/α-hetero) is 1. The Morgan fingerprint density at radius 3 is 2.47 bits per heavy atom. The van der Waals surface area contributed by atoms with Gasteiger partial charge in [-0.2, -0.15) is 0 Å². The maximum absolute atomic E-state index is 12.7. The standard InChI is InChI=1S/C10H8BrF2NO3/c1-5(11)9(15)8-6(10(12)13)3-2-4-7(8)14(16)17/h2-5,10H,1H3. The minimum atomic E-state index is -2.93. The fourth-order valence-electron chi connectivity index (χ4n) is 1.36. The number of ketones is 1. The van der Waals surface area contributed by atoms with Gasteiger partial charge < -0.3 is 0 Å². The van der Waals surface area contributed by atoms with Crippen LogP contribution in [0, 0.1) is 10.1 Å². The Labute approximate surface area is 104 Å². The molecule has 7 heteroatoms. The van der Waals surface area contributed by atoms with E-state index in [4.69, 9.17) is 0 Å². The van der Waals surface area contributed by atoms with Crippen LogP contribution in [-0.4, -0.2) is 15.5 Å². The molecule has 1 aromatic carbocycles. The number of hydrogen-bond acceptors (Lipinski definition) is 3. The Bertz CT molecular complexity index is 463. The molecule has 0 aliphatic heterocycles. The first-order valence-electron chi connectivity index (χ1n) is 4.60. The second-order valence-corrected chi connectivity index (χ2v) is 4.65. The Morgan fingerprint density at radius 2 is 2.06 bits per heavy atom. The van der Waals surface area contributed by atoms with Crippen LogP contribution in [0.15, 0.2) is 18.2 Å². The van der Waals surface area contributed by atoms with Crippen molar-refractivity contribution in [3.63, 3.8) is 0 Å². The van der Waals surface area contributed by atoms with E-state index in [1.807, 2.05) is 0 Å². The molecule has 1 aromatic rings. The summed E-state index contributed by atoms with van der Waals surface area (Å²) in [4.78, 5) is 20.8. The Balaban J connectivity index is 3.49. The third-order valence-corrected chi connectivity index (χ3v) is 2.53. The minimum Gasteiger partial charge on any atom is -0.293 e.